The van der Waals surface area contributed by atoms with Crippen LogP contribution in [0, 0.1) is 13.8 Å². The Hall–Kier alpha value is -5.72. The minimum Gasteiger partial charge on any atom is -0.258 e. The summed E-state index contributed by atoms with van der Waals surface area (Å²) in [6.07, 6.45) is 6.06. The van der Waals surface area contributed by atoms with Crippen molar-refractivity contribution in [1.82, 2.24) is 49.9 Å². The Morgan fingerprint density at radius 3 is 1.33 bits per heavy atom. The zero-order chi connectivity index (χ0) is 35.3. The number of aromatic nitrogens is 10. The van der Waals surface area contributed by atoms with Crippen molar-refractivity contribution in [2.24, 2.45) is 0 Å². The number of hydrogen-bond donors (Lipinski definition) is 2. The molecule has 0 atom stereocenters. The molecule has 0 fully saturated rings. The zero-order valence-corrected chi connectivity index (χ0v) is 30.4. The summed E-state index contributed by atoms with van der Waals surface area (Å²) in [6.45, 7) is 4.17. The number of nitrogens with zero attached hydrogens (tertiary/aromatic N) is 8. The monoisotopic (exact) mass is 720 g/mol. The average Bonchev–Trinajstić information content (AvgIpc) is 4.01. The van der Waals surface area contributed by atoms with Gasteiger partial charge >= 0.3 is 0 Å². The molecule has 4 aromatic heterocycles. The SMILES string of the molecule is Cc1ccc(-c2nn(-c3ccccc3)cc2-c2nc(SCCCCSc3n[nH]c(-c4cn(-c5ccccc5)nc4-c4ccc(C)cc4)n3)n[nH]2)cc1. The molecule has 12 heteroatoms. The summed E-state index contributed by atoms with van der Waals surface area (Å²) < 4.78 is 3.80. The maximum Gasteiger partial charge on any atom is 0.208 e. The topological polar surface area (TPSA) is 119 Å². The van der Waals surface area contributed by atoms with Crippen molar-refractivity contribution < 1.29 is 0 Å². The van der Waals surface area contributed by atoms with Gasteiger partial charge in [-0.15, -0.1) is 10.2 Å². The predicted molar refractivity (Wildman–Crippen MR) is 209 cm³/mol. The fourth-order valence-electron chi connectivity index (χ4n) is 5.76. The molecular formula is C40H36N10S2. The number of aryl methyl sites for hydroxylation is 2. The van der Waals surface area contributed by atoms with Crippen LogP contribution in [0.15, 0.2) is 132 Å². The van der Waals surface area contributed by atoms with E-state index >= 15 is 0 Å². The van der Waals surface area contributed by atoms with E-state index in [1.165, 1.54) is 11.1 Å². The van der Waals surface area contributed by atoms with E-state index in [2.05, 4.69) is 82.8 Å². The molecule has 0 aliphatic rings. The van der Waals surface area contributed by atoms with E-state index in [-0.39, 0.29) is 0 Å². The molecule has 0 bridgehead atoms. The van der Waals surface area contributed by atoms with Crippen LogP contribution in [0.25, 0.3) is 56.7 Å². The number of rotatable bonds is 13. The molecule has 0 unspecified atom stereocenters. The Morgan fingerprint density at radius 1 is 0.519 bits per heavy atom. The van der Waals surface area contributed by atoms with Crippen molar-refractivity contribution >= 4 is 23.5 Å². The molecule has 258 valence electrons. The summed E-state index contributed by atoms with van der Waals surface area (Å²) in [5.74, 6) is 3.22. The van der Waals surface area contributed by atoms with Crippen LogP contribution in [0.4, 0.5) is 0 Å². The molecule has 0 aliphatic carbocycles. The van der Waals surface area contributed by atoms with Crippen LogP contribution in [0.2, 0.25) is 0 Å². The van der Waals surface area contributed by atoms with Crippen molar-refractivity contribution in [1.29, 1.82) is 0 Å². The van der Waals surface area contributed by atoms with Crippen molar-refractivity contribution in [2.45, 2.75) is 37.0 Å². The Bertz CT molecular complexity index is 2210. The predicted octanol–water partition coefficient (Wildman–Crippen LogP) is 9.24. The van der Waals surface area contributed by atoms with Gasteiger partial charge < -0.3 is 0 Å². The van der Waals surface area contributed by atoms with Crippen molar-refractivity contribution in [3.63, 3.8) is 0 Å². The molecule has 10 nitrogen and oxygen atoms in total. The number of unbranched alkanes of at least 4 members (excludes halogenated alkanes) is 1. The normalized spacial score (nSPS) is 11.3. The minimum absolute atomic E-state index is 0.705. The van der Waals surface area contributed by atoms with E-state index in [4.69, 9.17) is 20.2 Å². The third-order valence-electron chi connectivity index (χ3n) is 8.56. The zero-order valence-electron chi connectivity index (χ0n) is 28.8. The van der Waals surface area contributed by atoms with Crippen LogP contribution in [0.3, 0.4) is 0 Å². The molecule has 4 aromatic carbocycles. The Morgan fingerprint density at radius 2 is 0.923 bits per heavy atom. The van der Waals surface area contributed by atoms with E-state index < -0.39 is 0 Å². The van der Waals surface area contributed by atoms with Gasteiger partial charge in [-0.1, -0.05) is 120 Å². The standard InChI is InChI=1S/C40H36N10S2/c1-27-15-19-29(20-16-27)35-33(25-49(47-35)31-11-5-3-6-12-31)37-41-39(45-43-37)51-23-9-10-24-52-40-42-38(44-46-40)34-26-50(32-13-7-4-8-14-32)48-36(34)30-21-17-28(2)18-22-30/h3-8,11-22,25-26H,9-10,23-24H2,1-2H3,(H,41,43,45)(H,42,44,46). The summed E-state index contributed by atoms with van der Waals surface area (Å²) in [7, 11) is 0. The lowest BCUT2D eigenvalue weighted by molar-refractivity contribution is 0.884. The highest BCUT2D eigenvalue weighted by Gasteiger charge is 2.19. The number of H-pyrrole nitrogens is 2. The molecule has 2 N–H and O–H groups in total. The lowest BCUT2D eigenvalue weighted by Crippen LogP contribution is -1.93. The Kier molecular flexibility index (Phi) is 9.81. The number of hydrogen-bond acceptors (Lipinski definition) is 8. The maximum absolute atomic E-state index is 4.94. The molecule has 52 heavy (non-hydrogen) atoms. The minimum atomic E-state index is 0.705. The lowest BCUT2D eigenvalue weighted by atomic mass is 10.1. The largest absolute Gasteiger partial charge is 0.258 e. The van der Waals surface area contributed by atoms with Crippen LogP contribution in [0.1, 0.15) is 24.0 Å². The first-order valence-corrected chi connectivity index (χ1v) is 19.1. The van der Waals surface area contributed by atoms with Crippen molar-refractivity contribution in [3.05, 3.63) is 133 Å². The van der Waals surface area contributed by atoms with Crippen molar-refractivity contribution in [2.75, 3.05) is 11.5 Å². The van der Waals surface area contributed by atoms with Gasteiger partial charge in [0.1, 0.15) is 11.4 Å². The molecule has 0 aliphatic heterocycles. The van der Waals surface area contributed by atoms with Crippen LogP contribution in [-0.4, -0.2) is 61.4 Å². The van der Waals surface area contributed by atoms with E-state index in [0.29, 0.717) is 11.6 Å². The Labute approximate surface area is 310 Å². The van der Waals surface area contributed by atoms with E-state index in [9.17, 15) is 0 Å². The fourth-order valence-corrected chi connectivity index (χ4v) is 7.36. The second-order valence-corrected chi connectivity index (χ2v) is 14.5. The number of thioether (sulfide) groups is 2. The first-order valence-electron chi connectivity index (χ1n) is 17.1. The van der Waals surface area contributed by atoms with Gasteiger partial charge in [0.25, 0.3) is 0 Å². The summed E-state index contributed by atoms with van der Waals surface area (Å²) in [5.41, 5.74) is 9.99. The maximum atomic E-state index is 4.94. The number of para-hydroxylation sites is 2. The summed E-state index contributed by atoms with van der Waals surface area (Å²) >= 11 is 3.31. The summed E-state index contributed by atoms with van der Waals surface area (Å²) in [4.78, 5) is 9.70. The van der Waals surface area contributed by atoms with Crippen LogP contribution < -0.4 is 0 Å². The van der Waals surface area contributed by atoms with Gasteiger partial charge in [-0.3, -0.25) is 10.2 Å². The average molecular weight is 721 g/mol. The van der Waals surface area contributed by atoms with Crippen LogP contribution in [0.5, 0.6) is 0 Å². The first kappa shape index (κ1) is 33.4. The van der Waals surface area contributed by atoms with Crippen molar-refractivity contribution in [3.8, 4) is 56.7 Å². The number of nitrogens with one attached hydrogen (secondary N) is 2. The highest BCUT2D eigenvalue weighted by Crippen LogP contribution is 2.33. The lowest BCUT2D eigenvalue weighted by Gasteiger charge is -2.01. The Balaban J connectivity index is 0.887. The molecule has 0 saturated carbocycles. The van der Waals surface area contributed by atoms with Gasteiger partial charge in [-0.25, -0.2) is 19.3 Å². The third kappa shape index (κ3) is 7.48. The van der Waals surface area contributed by atoms with Crippen LogP contribution in [-0.2, 0) is 0 Å². The molecule has 0 amide bonds. The molecule has 8 rings (SSSR count). The highest BCUT2D eigenvalue weighted by molar-refractivity contribution is 7.99. The van der Waals surface area contributed by atoms with Gasteiger partial charge in [0.15, 0.2) is 11.6 Å². The highest BCUT2D eigenvalue weighted by atomic mass is 32.2. The van der Waals surface area contributed by atoms with E-state index in [1.54, 1.807) is 23.5 Å². The number of aromatic amines is 2. The van der Waals surface area contributed by atoms with Gasteiger partial charge in [0, 0.05) is 35.0 Å². The van der Waals surface area contributed by atoms with E-state index in [1.807, 2.05) is 82.4 Å². The summed E-state index contributed by atoms with van der Waals surface area (Å²) in [5, 5.41) is 26.7. The quantitative estimate of drug-likeness (QED) is 0.0894. The molecule has 0 spiro atoms. The second kappa shape index (κ2) is 15.3. The van der Waals surface area contributed by atoms with E-state index in [0.717, 1.165) is 79.7 Å². The van der Waals surface area contributed by atoms with Gasteiger partial charge in [0.05, 0.1) is 22.5 Å². The number of benzene rings is 4. The summed E-state index contributed by atoms with van der Waals surface area (Å²) in [6, 6.07) is 37.0. The van der Waals surface area contributed by atoms with Gasteiger partial charge in [-0.2, -0.15) is 10.2 Å². The molecule has 0 radical (unpaired) electrons. The van der Waals surface area contributed by atoms with Gasteiger partial charge in [-0.05, 0) is 51.0 Å². The molecule has 0 saturated heterocycles. The van der Waals surface area contributed by atoms with Gasteiger partial charge in [0.2, 0.25) is 10.3 Å². The third-order valence-corrected chi connectivity index (χ3v) is 10.4. The first-order chi connectivity index (χ1) is 25.6. The smallest absolute Gasteiger partial charge is 0.208 e. The molecular weight excluding hydrogens is 685 g/mol. The second-order valence-electron chi connectivity index (χ2n) is 12.4. The fraction of sp³-hybridized carbons (Fsp3) is 0.150. The van der Waals surface area contributed by atoms with Crippen LogP contribution >= 0.6 is 23.5 Å². The molecule has 8 aromatic rings. The molecule has 4 heterocycles.